The predicted molar refractivity (Wildman–Crippen MR) is 56.6 cm³/mol. The van der Waals surface area contributed by atoms with Crippen LogP contribution in [0.1, 0.15) is 17.3 Å². The maximum atomic E-state index is 10.5. The van der Waals surface area contributed by atoms with Crippen LogP contribution in [0, 0.1) is 0 Å². The number of hydrogen-bond donors (Lipinski definition) is 2. The van der Waals surface area contributed by atoms with Crippen molar-refractivity contribution in [2.45, 2.75) is 6.92 Å². The van der Waals surface area contributed by atoms with E-state index in [-0.39, 0.29) is 5.56 Å². The molecule has 2 N–H and O–H groups in total. The van der Waals surface area contributed by atoms with Crippen LogP contribution >= 0.6 is 0 Å². The first kappa shape index (κ1) is 12.2. The van der Waals surface area contributed by atoms with Crippen molar-refractivity contribution in [2.75, 3.05) is 12.4 Å². The number of rotatable bonds is 2. The fourth-order valence-electron chi connectivity index (χ4n) is 0.783. The lowest BCUT2D eigenvalue weighted by atomic mass is 10.2. The molecule has 0 radical (unpaired) electrons. The van der Waals surface area contributed by atoms with Crippen molar-refractivity contribution in [1.82, 2.24) is 4.98 Å². The summed E-state index contributed by atoms with van der Waals surface area (Å²) < 4.78 is 0. The Morgan fingerprint density at radius 2 is 2.29 bits per heavy atom. The lowest BCUT2D eigenvalue weighted by molar-refractivity contribution is 0.0697. The number of carbonyl (C=O) groups is 1. The molecule has 0 saturated heterocycles. The maximum Gasteiger partial charge on any atom is 0.339 e. The average molecular weight is 194 g/mol. The zero-order chi connectivity index (χ0) is 11.0. The molecule has 76 valence electrons. The Balaban J connectivity index is 0.000000500. The summed E-state index contributed by atoms with van der Waals surface area (Å²) in [7, 11) is 1.67. The standard InChI is InChI=1S/C7H8N2O2.C3H6/c1-8-6-2-3-9-4-5(6)7(10)11;1-3-2/h2-4H,1H3,(H,8,9)(H,10,11);3H,1H2,2H3. The van der Waals surface area contributed by atoms with Gasteiger partial charge in [0.05, 0.1) is 5.69 Å². The van der Waals surface area contributed by atoms with Crippen LogP contribution in [0.4, 0.5) is 5.69 Å². The van der Waals surface area contributed by atoms with E-state index in [0.717, 1.165) is 0 Å². The minimum absolute atomic E-state index is 0.190. The molecule has 14 heavy (non-hydrogen) atoms. The Bertz CT molecular complexity index is 311. The van der Waals surface area contributed by atoms with Crippen LogP contribution in [0.3, 0.4) is 0 Å². The van der Waals surface area contributed by atoms with E-state index < -0.39 is 5.97 Å². The van der Waals surface area contributed by atoms with Gasteiger partial charge in [-0.25, -0.2) is 4.79 Å². The van der Waals surface area contributed by atoms with Crippen LogP contribution < -0.4 is 5.32 Å². The van der Waals surface area contributed by atoms with Crippen molar-refractivity contribution in [1.29, 1.82) is 0 Å². The van der Waals surface area contributed by atoms with Crippen LogP contribution in [0.2, 0.25) is 0 Å². The molecule has 1 heterocycles. The Morgan fingerprint density at radius 1 is 1.71 bits per heavy atom. The number of anilines is 1. The van der Waals surface area contributed by atoms with Gasteiger partial charge >= 0.3 is 5.97 Å². The Morgan fingerprint density at radius 3 is 2.64 bits per heavy atom. The normalized spacial score (nSPS) is 8.14. The summed E-state index contributed by atoms with van der Waals surface area (Å²) in [6.45, 7) is 5.25. The average Bonchev–Trinajstić information content (AvgIpc) is 2.19. The van der Waals surface area contributed by atoms with Crippen LogP contribution in [0.25, 0.3) is 0 Å². The van der Waals surface area contributed by atoms with Crippen LogP contribution in [-0.4, -0.2) is 23.1 Å². The maximum absolute atomic E-state index is 10.5. The molecule has 4 heteroatoms. The molecule has 0 aromatic carbocycles. The van der Waals surface area contributed by atoms with E-state index in [1.807, 2.05) is 6.92 Å². The predicted octanol–water partition coefficient (Wildman–Crippen LogP) is 2.01. The molecule has 1 aromatic heterocycles. The third kappa shape index (κ3) is 3.71. The number of carboxylic acid groups (broad SMARTS) is 1. The Kier molecular flexibility index (Phi) is 5.78. The van der Waals surface area contributed by atoms with Gasteiger partial charge in [-0.05, 0) is 13.0 Å². The molecule has 0 aliphatic carbocycles. The number of aromatic carboxylic acids is 1. The Hall–Kier alpha value is -1.84. The summed E-state index contributed by atoms with van der Waals surface area (Å²) in [5, 5.41) is 11.4. The molecule has 0 spiro atoms. The van der Waals surface area contributed by atoms with Crippen molar-refractivity contribution < 1.29 is 9.90 Å². The van der Waals surface area contributed by atoms with E-state index in [1.165, 1.54) is 12.4 Å². The molecule has 0 fully saturated rings. The lowest BCUT2D eigenvalue weighted by Gasteiger charge is -2.01. The fraction of sp³-hybridized carbons (Fsp3) is 0.200. The van der Waals surface area contributed by atoms with Crippen molar-refractivity contribution in [2.24, 2.45) is 0 Å². The largest absolute Gasteiger partial charge is 0.478 e. The van der Waals surface area contributed by atoms with Crippen molar-refractivity contribution in [3.05, 3.63) is 36.7 Å². The monoisotopic (exact) mass is 194 g/mol. The minimum Gasteiger partial charge on any atom is -0.478 e. The zero-order valence-corrected chi connectivity index (χ0v) is 8.32. The van der Waals surface area contributed by atoms with Crippen LogP contribution in [0.15, 0.2) is 31.1 Å². The molecule has 4 nitrogen and oxygen atoms in total. The second-order valence-electron chi connectivity index (χ2n) is 2.38. The number of allylic oxidation sites excluding steroid dienone is 1. The van der Waals surface area contributed by atoms with Gasteiger partial charge in [0.25, 0.3) is 0 Å². The highest BCUT2D eigenvalue weighted by Gasteiger charge is 2.06. The Labute approximate surface area is 83.3 Å². The van der Waals surface area contributed by atoms with Gasteiger partial charge < -0.3 is 10.4 Å². The number of aromatic nitrogens is 1. The van der Waals surface area contributed by atoms with E-state index in [2.05, 4.69) is 16.9 Å². The van der Waals surface area contributed by atoms with E-state index in [1.54, 1.807) is 19.2 Å². The molecule has 0 bridgehead atoms. The summed E-state index contributed by atoms with van der Waals surface area (Å²) in [5.41, 5.74) is 0.766. The van der Waals surface area contributed by atoms with Crippen molar-refractivity contribution in [3.63, 3.8) is 0 Å². The van der Waals surface area contributed by atoms with Gasteiger partial charge in [0.1, 0.15) is 5.56 Å². The number of pyridine rings is 1. The number of nitrogens with zero attached hydrogens (tertiary/aromatic N) is 1. The summed E-state index contributed by atoms with van der Waals surface area (Å²) in [6, 6.07) is 1.61. The first-order valence-corrected chi connectivity index (χ1v) is 4.09. The molecular formula is C10H14N2O2. The van der Waals surface area contributed by atoms with E-state index in [0.29, 0.717) is 5.69 Å². The van der Waals surface area contributed by atoms with Gasteiger partial charge in [0.15, 0.2) is 0 Å². The molecule has 1 aromatic rings. The number of hydrogen-bond acceptors (Lipinski definition) is 3. The molecule has 0 aliphatic rings. The summed E-state index contributed by atoms with van der Waals surface area (Å²) in [4.78, 5) is 14.2. The van der Waals surface area contributed by atoms with Gasteiger partial charge in [-0.2, -0.15) is 0 Å². The highest BCUT2D eigenvalue weighted by Crippen LogP contribution is 2.11. The van der Waals surface area contributed by atoms with Crippen molar-refractivity contribution >= 4 is 11.7 Å². The molecule has 1 rings (SSSR count). The summed E-state index contributed by atoms with van der Waals surface area (Å²) in [5.74, 6) is -0.970. The van der Waals surface area contributed by atoms with E-state index in [9.17, 15) is 4.79 Å². The van der Waals surface area contributed by atoms with Crippen LogP contribution in [0.5, 0.6) is 0 Å². The third-order valence-corrected chi connectivity index (χ3v) is 1.32. The SMILES string of the molecule is C=CC.CNc1ccncc1C(=O)O. The van der Waals surface area contributed by atoms with Crippen LogP contribution in [-0.2, 0) is 0 Å². The zero-order valence-electron chi connectivity index (χ0n) is 8.32. The molecule has 0 atom stereocenters. The first-order valence-electron chi connectivity index (χ1n) is 4.09. The van der Waals surface area contributed by atoms with Gasteiger partial charge in [-0.15, -0.1) is 6.58 Å². The fourth-order valence-corrected chi connectivity index (χ4v) is 0.783. The first-order chi connectivity index (χ1) is 6.67. The molecule has 0 unspecified atom stereocenters. The molecule has 0 amide bonds. The van der Waals surface area contributed by atoms with Gasteiger partial charge in [0.2, 0.25) is 0 Å². The van der Waals surface area contributed by atoms with Gasteiger partial charge in [-0.3, -0.25) is 4.98 Å². The highest BCUT2D eigenvalue weighted by atomic mass is 16.4. The van der Waals surface area contributed by atoms with E-state index in [4.69, 9.17) is 5.11 Å². The highest BCUT2D eigenvalue weighted by molar-refractivity contribution is 5.93. The summed E-state index contributed by atoms with van der Waals surface area (Å²) in [6.07, 6.45) is 4.60. The lowest BCUT2D eigenvalue weighted by Crippen LogP contribution is -2.02. The van der Waals surface area contributed by atoms with E-state index >= 15 is 0 Å². The second kappa shape index (κ2) is 6.65. The number of carboxylic acids is 1. The third-order valence-electron chi connectivity index (χ3n) is 1.32. The molecule has 0 saturated carbocycles. The quantitative estimate of drug-likeness (QED) is 0.707. The van der Waals surface area contributed by atoms with Gasteiger partial charge in [-0.1, -0.05) is 6.08 Å². The minimum atomic E-state index is -0.970. The second-order valence-corrected chi connectivity index (χ2v) is 2.38. The summed E-state index contributed by atoms with van der Waals surface area (Å²) >= 11 is 0. The topological polar surface area (TPSA) is 62.2 Å². The molecule has 0 aliphatic heterocycles. The van der Waals surface area contributed by atoms with Crippen molar-refractivity contribution in [3.8, 4) is 0 Å². The molecular weight excluding hydrogens is 180 g/mol. The smallest absolute Gasteiger partial charge is 0.339 e. The van der Waals surface area contributed by atoms with Gasteiger partial charge in [0, 0.05) is 19.4 Å². The number of nitrogens with one attached hydrogen (secondary N) is 1.